The van der Waals surface area contributed by atoms with Crippen molar-refractivity contribution in [2.45, 2.75) is 26.3 Å². The largest absolute Gasteiger partial charge is 0.382 e. The monoisotopic (exact) mass is 217 g/mol. The molecule has 0 saturated heterocycles. The van der Waals surface area contributed by atoms with E-state index in [1.165, 1.54) is 0 Å². The van der Waals surface area contributed by atoms with Crippen LogP contribution in [0.15, 0.2) is 24.8 Å². The van der Waals surface area contributed by atoms with Gasteiger partial charge in [0.25, 0.3) is 0 Å². The highest BCUT2D eigenvalue weighted by molar-refractivity contribution is 5.22. The maximum Gasteiger partial charge on any atom is 0.141 e. The van der Waals surface area contributed by atoms with E-state index in [1.807, 2.05) is 12.4 Å². The molecule has 0 amide bonds. The molecule has 2 aromatic rings. The maximum atomic E-state index is 5.48. The van der Waals surface area contributed by atoms with E-state index in [1.54, 1.807) is 12.4 Å². The van der Waals surface area contributed by atoms with Crippen LogP contribution in [0.3, 0.4) is 0 Å². The number of imidazole rings is 1. The summed E-state index contributed by atoms with van der Waals surface area (Å²) in [6.45, 7) is 2.84. The van der Waals surface area contributed by atoms with Gasteiger partial charge in [-0.05, 0) is 6.42 Å². The molecule has 5 heteroatoms. The Morgan fingerprint density at radius 2 is 2.12 bits per heavy atom. The lowest BCUT2D eigenvalue weighted by atomic mass is 10.3. The van der Waals surface area contributed by atoms with Gasteiger partial charge in [0, 0.05) is 18.8 Å². The molecule has 2 heterocycles. The van der Waals surface area contributed by atoms with Gasteiger partial charge in [-0.15, -0.1) is 0 Å². The molecule has 5 nitrogen and oxygen atoms in total. The molecule has 84 valence electrons. The van der Waals surface area contributed by atoms with Gasteiger partial charge >= 0.3 is 0 Å². The zero-order chi connectivity index (χ0) is 11.4. The highest BCUT2D eigenvalue weighted by Crippen LogP contribution is 2.05. The Balaban J connectivity index is 2.13. The van der Waals surface area contributed by atoms with Gasteiger partial charge in [-0.1, -0.05) is 6.92 Å². The van der Waals surface area contributed by atoms with Crippen molar-refractivity contribution >= 4 is 5.82 Å². The average molecular weight is 217 g/mol. The van der Waals surface area contributed by atoms with Crippen LogP contribution >= 0.6 is 0 Å². The number of rotatable bonds is 4. The lowest BCUT2D eigenvalue weighted by molar-refractivity contribution is 0.691. The second-order valence-electron chi connectivity index (χ2n) is 3.65. The van der Waals surface area contributed by atoms with Crippen molar-refractivity contribution in [1.82, 2.24) is 19.5 Å². The summed E-state index contributed by atoms with van der Waals surface area (Å²) in [6.07, 6.45) is 9.12. The number of hydrogen-bond acceptors (Lipinski definition) is 4. The Hall–Kier alpha value is -1.91. The van der Waals surface area contributed by atoms with Crippen LogP contribution < -0.4 is 5.73 Å². The van der Waals surface area contributed by atoms with Crippen molar-refractivity contribution in [3.63, 3.8) is 0 Å². The first kappa shape index (κ1) is 10.6. The van der Waals surface area contributed by atoms with Crippen LogP contribution in [0.1, 0.15) is 24.9 Å². The van der Waals surface area contributed by atoms with Gasteiger partial charge in [-0.3, -0.25) is 4.98 Å². The summed E-state index contributed by atoms with van der Waals surface area (Å²) in [5.74, 6) is 1.53. The van der Waals surface area contributed by atoms with Gasteiger partial charge in [-0.2, -0.15) is 0 Å². The standard InChI is InChI=1S/C11H15N5/c1-2-3-11-13-4-5-16(11)8-9-6-15-10(12)7-14-9/h4-7H,2-3,8H2,1H3,(H2,12,15). The number of aryl methyl sites for hydroxylation is 1. The summed E-state index contributed by atoms with van der Waals surface area (Å²) < 4.78 is 2.09. The van der Waals surface area contributed by atoms with E-state index in [9.17, 15) is 0 Å². The normalized spacial score (nSPS) is 10.6. The van der Waals surface area contributed by atoms with Crippen LogP contribution in [-0.4, -0.2) is 19.5 Å². The van der Waals surface area contributed by atoms with E-state index in [0.29, 0.717) is 12.4 Å². The first-order valence-corrected chi connectivity index (χ1v) is 5.36. The number of anilines is 1. The summed E-state index contributed by atoms with van der Waals surface area (Å²) in [5, 5.41) is 0. The van der Waals surface area contributed by atoms with Gasteiger partial charge in [0.15, 0.2) is 0 Å². The molecule has 2 rings (SSSR count). The minimum absolute atomic E-state index is 0.447. The van der Waals surface area contributed by atoms with Crippen molar-refractivity contribution in [3.8, 4) is 0 Å². The Bertz CT molecular complexity index is 446. The summed E-state index contributed by atoms with van der Waals surface area (Å²) in [5.41, 5.74) is 6.38. The Morgan fingerprint density at radius 1 is 1.25 bits per heavy atom. The Kier molecular flexibility index (Phi) is 3.14. The number of hydrogen-bond donors (Lipinski definition) is 1. The van der Waals surface area contributed by atoms with E-state index in [2.05, 4.69) is 26.4 Å². The molecule has 0 radical (unpaired) electrons. The Labute approximate surface area is 94.4 Å². The highest BCUT2D eigenvalue weighted by Gasteiger charge is 2.03. The molecular formula is C11H15N5. The van der Waals surface area contributed by atoms with E-state index in [-0.39, 0.29) is 0 Å². The van der Waals surface area contributed by atoms with Gasteiger partial charge in [0.1, 0.15) is 11.6 Å². The smallest absolute Gasteiger partial charge is 0.141 e. The second-order valence-corrected chi connectivity index (χ2v) is 3.65. The van der Waals surface area contributed by atoms with Crippen LogP contribution in [-0.2, 0) is 13.0 Å². The molecule has 0 fully saturated rings. The van der Waals surface area contributed by atoms with Crippen LogP contribution in [0.4, 0.5) is 5.82 Å². The number of aromatic nitrogens is 4. The summed E-state index contributed by atoms with van der Waals surface area (Å²) in [4.78, 5) is 12.5. The average Bonchev–Trinajstić information content (AvgIpc) is 2.70. The number of nitrogen functional groups attached to an aromatic ring is 1. The topological polar surface area (TPSA) is 69.6 Å². The molecule has 0 aromatic carbocycles. The van der Waals surface area contributed by atoms with Crippen molar-refractivity contribution < 1.29 is 0 Å². The van der Waals surface area contributed by atoms with Crippen molar-refractivity contribution in [2.24, 2.45) is 0 Å². The quantitative estimate of drug-likeness (QED) is 0.837. The summed E-state index contributed by atoms with van der Waals surface area (Å²) >= 11 is 0. The van der Waals surface area contributed by atoms with Gasteiger partial charge in [0.05, 0.1) is 24.6 Å². The number of nitrogens with zero attached hydrogens (tertiary/aromatic N) is 4. The minimum atomic E-state index is 0.447. The third kappa shape index (κ3) is 2.36. The third-order valence-electron chi connectivity index (χ3n) is 2.33. The lowest BCUT2D eigenvalue weighted by Gasteiger charge is -2.06. The van der Waals surface area contributed by atoms with Crippen molar-refractivity contribution in [2.75, 3.05) is 5.73 Å². The fraction of sp³-hybridized carbons (Fsp3) is 0.364. The molecule has 2 N–H and O–H groups in total. The highest BCUT2D eigenvalue weighted by atomic mass is 15.1. The first-order chi connectivity index (χ1) is 7.79. The fourth-order valence-corrected chi connectivity index (χ4v) is 1.56. The van der Waals surface area contributed by atoms with Crippen molar-refractivity contribution in [1.29, 1.82) is 0 Å². The molecule has 0 atom stereocenters. The molecule has 0 unspecified atom stereocenters. The third-order valence-corrected chi connectivity index (χ3v) is 2.33. The van der Waals surface area contributed by atoms with E-state index >= 15 is 0 Å². The molecule has 0 bridgehead atoms. The molecule has 0 aliphatic heterocycles. The fourth-order valence-electron chi connectivity index (χ4n) is 1.56. The molecule has 0 aliphatic rings. The minimum Gasteiger partial charge on any atom is -0.382 e. The van der Waals surface area contributed by atoms with E-state index in [4.69, 9.17) is 5.73 Å². The molecule has 16 heavy (non-hydrogen) atoms. The van der Waals surface area contributed by atoms with Crippen LogP contribution in [0.25, 0.3) is 0 Å². The predicted molar refractivity (Wildman–Crippen MR) is 61.8 cm³/mol. The molecule has 0 aliphatic carbocycles. The zero-order valence-corrected chi connectivity index (χ0v) is 9.30. The molecule has 0 spiro atoms. The SMILES string of the molecule is CCCc1nccn1Cc1cnc(N)cn1. The van der Waals surface area contributed by atoms with Gasteiger partial charge < -0.3 is 10.3 Å². The molecule has 0 saturated carbocycles. The maximum absolute atomic E-state index is 5.48. The molecular weight excluding hydrogens is 202 g/mol. The van der Waals surface area contributed by atoms with E-state index < -0.39 is 0 Å². The zero-order valence-electron chi connectivity index (χ0n) is 9.30. The number of nitrogens with two attached hydrogens (primary N) is 1. The van der Waals surface area contributed by atoms with E-state index in [0.717, 1.165) is 24.4 Å². The van der Waals surface area contributed by atoms with Crippen LogP contribution in [0.2, 0.25) is 0 Å². The van der Waals surface area contributed by atoms with Crippen LogP contribution in [0.5, 0.6) is 0 Å². The van der Waals surface area contributed by atoms with Gasteiger partial charge in [-0.25, -0.2) is 9.97 Å². The summed E-state index contributed by atoms with van der Waals surface area (Å²) in [6, 6.07) is 0. The molecule has 2 aromatic heterocycles. The predicted octanol–water partition coefficient (Wildman–Crippen LogP) is 1.26. The second kappa shape index (κ2) is 4.74. The first-order valence-electron chi connectivity index (χ1n) is 5.36. The van der Waals surface area contributed by atoms with Crippen molar-refractivity contribution in [3.05, 3.63) is 36.3 Å². The summed E-state index contributed by atoms with van der Waals surface area (Å²) in [7, 11) is 0. The lowest BCUT2D eigenvalue weighted by Crippen LogP contribution is -2.06. The van der Waals surface area contributed by atoms with Gasteiger partial charge in [0.2, 0.25) is 0 Å². The Morgan fingerprint density at radius 3 is 2.81 bits per heavy atom. The van der Waals surface area contributed by atoms with Crippen LogP contribution in [0, 0.1) is 0 Å².